The lowest BCUT2D eigenvalue weighted by Gasteiger charge is -2.09. The van der Waals surface area contributed by atoms with E-state index in [9.17, 15) is 19.5 Å². The summed E-state index contributed by atoms with van der Waals surface area (Å²) in [5.41, 5.74) is 6.16. The molecule has 51 heavy (non-hydrogen) atoms. The number of fused-ring (bicyclic) bond motifs is 2. The highest BCUT2D eigenvalue weighted by molar-refractivity contribution is 6.31. The number of esters is 2. The van der Waals surface area contributed by atoms with Crippen molar-refractivity contribution in [1.29, 1.82) is 0 Å². The third-order valence-corrected chi connectivity index (χ3v) is 7.72. The first kappa shape index (κ1) is 38.3. The maximum absolute atomic E-state index is 11.9. The van der Waals surface area contributed by atoms with Crippen LogP contribution in [0.15, 0.2) is 85.2 Å². The number of ether oxygens (including phenoxy) is 2. The van der Waals surface area contributed by atoms with E-state index >= 15 is 0 Å². The molecule has 2 aromatic carbocycles. The Morgan fingerprint density at radius 1 is 0.706 bits per heavy atom. The van der Waals surface area contributed by atoms with Crippen LogP contribution in [0.25, 0.3) is 21.8 Å². The van der Waals surface area contributed by atoms with Gasteiger partial charge in [-0.15, -0.1) is 0 Å². The molecule has 0 amide bonds. The summed E-state index contributed by atoms with van der Waals surface area (Å²) in [6.45, 7) is 1.01. The number of hydrogen-bond donors (Lipinski definition) is 2. The number of aliphatic hydroxyl groups excluding tert-OH is 1. The summed E-state index contributed by atoms with van der Waals surface area (Å²) in [5.74, 6) is -1.93. The molecule has 4 aromatic heterocycles. The minimum Gasteiger partial charge on any atom is -0.478 e. The molecule has 0 aliphatic heterocycles. The van der Waals surface area contributed by atoms with Gasteiger partial charge in [-0.3, -0.25) is 24.7 Å². The largest absolute Gasteiger partial charge is 0.478 e. The Hall–Kier alpha value is -5.49. The summed E-state index contributed by atoms with van der Waals surface area (Å²) in [7, 11) is 1.31. The van der Waals surface area contributed by atoms with E-state index in [4.69, 9.17) is 37.8 Å². The molecule has 0 spiro atoms. The number of aliphatic hydroxyl groups is 1. The molecule has 11 nitrogen and oxygen atoms in total. The second-order valence-corrected chi connectivity index (χ2v) is 12.0. The molecular weight excluding hydrogens is 695 g/mol. The maximum Gasteiger partial charge on any atom is 0.337 e. The first-order valence-electron chi connectivity index (χ1n) is 15.1. The van der Waals surface area contributed by atoms with Crippen LogP contribution in [0.1, 0.15) is 69.0 Å². The van der Waals surface area contributed by atoms with Crippen molar-refractivity contribution in [1.82, 2.24) is 19.9 Å². The number of carboxylic acid groups (broad SMARTS) is 1. The van der Waals surface area contributed by atoms with Gasteiger partial charge in [-0.25, -0.2) is 9.59 Å². The van der Waals surface area contributed by atoms with Gasteiger partial charge in [0.1, 0.15) is 6.61 Å². The topological polar surface area (TPSA) is 162 Å². The summed E-state index contributed by atoms with van der Waals surface area (Å²) in [4.78, 5) is 51.4. The number of methoxy groups -OCH3 is 1. The van der Waals surface area contributed by atoms with E-state index in [2.05, 4.69) is 19.9 Å². The summed E-state index contributed by atoms with van der Waals surface area (Å²) in [6.07, 6.45) is 4.14. The zero-order valence-corrected chi connectivity index (χ0v) is 28.4. The van der Waals surface area contributed by atoms with Crippen molar-refractivity contribution in [3.8, 4) is 0 Å². The van der Waals surface area contributed by atoms with Crippen molar-refractivity contribution in [2.75, 3.05) is 7.11 Å². The molecule has 0 saturated heterocycles. The van der Waals surface area contributed by atoms with Gasteiger partial charge in [0.15, 0.2) is 0 Å². The minimum absolute atomic E-state index is 0. The highest BCUT2D eigenvalue weighted by Crippen LogP contribution is 2.22. The monoisotopic (exact) mass is 728 g/mol. The minimum atomic E-state index is -1.04. The SMILES string of the molecule is C.COC(=O)c1cc(COC(C)=O)nc(Cc2ccc3ncc(Cl)cc3c2)c1.O=C(O)c1cc(CO)nc(Cc2ccc3ncc(Cl)cc3c2)c1. The smallest absolute Gasteiger partial charge is 0.337 e. The fourth-order valence-corrected chi connectivity index (χ4v) is 5.45. The van der Waals surface area contributed by atoms with Crippen LogP contribution in [0.4, 0.5) is 0 Å². The number of hydrogen-bond acceptors (Lipinski definition) is 10. The van der Waals surface area contributed by atoms with Crippen molar-refractivity contribution in [3.05, 3.63) is 140 Å². The molecule has 0 saturated carbocycles. The number of nitrogens with zero attached hydrogens (tertiary/aromatic N) is 4. The fraction of sp³-hybridized carbons (Fsp3) is 0.184. The van der Waals surface area contributed by atoms with E-state index in [0.717, 1.165) is 32.9 Å². The number of halogens is 2. The van der Waals surface area contributed by atoms with Gasteiger partial charge in [0.05, 0.1) is 57.3 Å². The maximum atomic E-state index is 11.9. The summed E-state index contributed by atoms with van der Waals surface area (Å²) in [6, 6.07) is 21.4. The van der Waals surface area contributed by atoms with Crippen LogP contribution in [0.5, 0.6) is 0 Å². The third-order valence-electron chi connectivity index (χ3n) is 7.31. The van der Waals surface area contributed by atoms with Crippen LogP contribution >= 0.6 is 23.2 Å². The molecule has 262 valence electrons. The molecule has 4 heterocycles. The number of carboxylic acids is 1. The van der Waals surface area contributed by atoms with Crippen molar-refractivity contribution < 1.29 is 34.1 Å². The molecule has 0 aliphatic rings. The Morgan fingerprint density at radius 3 is 1.69 bits per heavy atom. The second kappa shape index (κ2) is 17.4. The van der Waals surface area contributed by atoms with Gasteiger partial charge in [0.25, 0.3) is 0 Å². The molecule has 2 N–H and O–H groups in total. The van der Waals surface area contributed by atoms with Gasteiger partial charge >= 0.3 is 17.9 Å². The van der Waals surface area contributed by atoms with Crippen LogP contribution in [-0.2, 0) is 40.3 Å². The number of aromatic nitrogens is 4. The van der Waals surface area contributed by atoms with Crippen LogP contribution in [0.3, 0.4) is 0 Å². The standard InChI is InChI=1S/C20H17ClN2O4.C17H13ClN2O3.CH4/c1-12(24)27-11-18-9-15(20(25)26-2)8-17(23-18)6-13-3-4-19-14(5-13)7-16(21)10-22-19;18-13-5-11-3-10(1-2-16(11)19-8-13)4-14-6-12(17(22)23)7-15(9-21)20-14;/h3-5,7-10H,6,11H2,1-2H3;1-3,5-8,21H,4,9H2,(H,22,23);1H4. The predicted molar refractivity (Wildman–Crippen MR) is 194 cm³/mol. The molecule has 6 rings (SSSR count). The molecule has 13 heteroatoms. The third kappa shape index (κ3) is 10.5. The Balaban J connectivity index is 0.000000227. The lowest BCUT2D eigenvalue weighted by Crippen LogP contribution is -2.08. The average Bonchev–Trinajstić information content (AvgIpc) is 3.10. The molecular formula is C38H34Cl2N4O7. The second-order valence-electron chi connectivity index (χ2n) is 11.1. The molecule has 0 atom stereocenters. The average molecular weight is 730 g/mol. The van der Waals surface area contributed by atoms with Gasteiger partial charge < -0.3 is 19.7 Å². The van der Waals surface area contributed by atoms with Crippen LogP contribution in [-0.4, -0.2) is 55.2 Å². The molecule has 0 bridgehead atoms. The zero-order chi connectivity index (χ0) is 35.8. The fourth-order valence-electron chi connectivity index (χ4n) is 5.12. The number of benzene rings is 2. The number of rotatable bonds is 9. The summed E-state index contributed by atoms with van der Waals surface area (Å²) >= 11 is 12.0. The van der Waals surface area contributed by atoms with Crippen LogP contribution < -0.4 is 0 Å². The van der Waals surface area contributed by atoms with Crippen molar-refractivity contribution in [2.24, 2.45) is 0 Å². The van der Waals surface area contributed by atoms with Gasteiger partial charge in [-0.05, 0) is 71.8 Å². The van der Waals surface area contributed by atoms with Crippen LogP contribution in [0.2, 0.25) is 10.0 Å². The Morgan fingerprint density at radius 2 is 1.20 bits per heavy atom. The molecule has 0 fully saturated rings. The number of carbonyl (C=O) groups is 3. The van der Waals surface area contributed by atoms with Gasteiger partial charge in [-0.1, -0.05) is 42.8 Å². The number of aromatic carboxylic acids is 1. The highest BCUT2D eigenvalue weighted by atomic mass is 35.5. The highest BCUT2D eigenvalue weighted by Gasteiger charge is 2.13. The van der Waals surface area contributed by atoms with Crippen molar-refractivity contribution in [3.63, 3.8) is 0 Å². The van der Waals surface area contributed by atoms with Crippen molar-refractivity contribution in [2.45, 2.75) is 40.4 Å². The molecule has 0 aliphatic carbocycles. The van der Waals surface area contributed by atoms with E-state index in [1.165, 1.54) is 26.2 Å². The normalized spacial score (nSPS) is 10.5. The zero-order valence-electron chi connectivity index (χ0n) is 26.9. The van der Waals surface area contributed by atoms with Crippen LogP contribution in [0, 0.1) is 0 Å². The number of carbonyl (C=O) groups excluding carboxylic acids is 2. The van der Waals surface area contributed by atoms with Gasteiger partial charge in [0, 0.05) is 54.3 Å². The predicted octanol–water partition coefficient (Wildman–Crippen LogP) is 7.42. The summed E-state index contributed by atoms with van der Waals surface area (Å²) < 4.78 is 9.79. The van der Waals surface area contributed by atoms with E-state index in [-0.39, 0.29) is 26.2 Å². The first-order chi connectivity index (χ1) is 24.0. The lowest BCUT2D eigenvalue weighted by molar-refractivity contribution is -0.142. The van der Waals surface area contributed by atoms with Gasteiger partial charge in [0.2, 0.25) is 0 Å². The van der Waals surface area contributed by atoms with E-state index in [0.29, 0.717) is 51.2 Å². The van der Waals surface area contributed by atoms with E-state index in [1.54, 1.807) is 24.5 Å². The quantitative estimate of drug-likeness (QED) is 0.142. The van der Waals surface area contributed by atoms with E-state index < -0.39 is 17.9 Å². The summed E-state index contributed by atoms with van der Waals surface area (Å²) in [5, 5.41) is 21.3. The number of pyridine rings is 4. The Bertz CT molecular complexity index is 2230. The molecule has 0 unspecified atom stereocenters. The van der Waals surface area contributed by atoms with Gasteiger partial charge in [-0.2, -0.15) is 0 Å². The molecule has 0 radical (unpaired) electrons. The lowest BCUT2D eigenvalue weighted by atomic mass is 10.0. The molecule has 6 aromatic rings. The van der Waals surface area contributed by atoms with E-state index in [1.807, 2.05) is 48.5 Å². The Labute approximate surface area is 303 Å². The van der Waals surface area contributed by atoms with Crippen molar-refractivity contribution >= 4 is 62.9 Å². The Kier molecular flexibility index (Phi) is 13.1. The first-order valence-corrected chi connectivity index (χ1v) is 15.9.